The van der Waals surface area contributed by atoms with Crippen molar-refractivity contribution in [3.8, 4) is 5.75 Å². The number of benzene rings is 1. The Kier molecular flexibility index (Phi) is 3.83. The average Bonchev–Trinajstić information content (AvgIpc) is 3.11. The number of nitrogens with one attached hydrogen (secondary N) is 2. The number of H-pyrrole nitrogens is 1. The van der Waals surface area contributed by atoms with Gasteiger partial charge in [0.15, 0.2) is 0 Å². The Morgan fingerprint density at radius 3 is 3.05 bits per heavy atom. The van der Waals surface area contributed by atoms with E-state index in [-0.39, 0.29) is 24.0 Å². The number of amides is 1. The summed E-state index contributed by atoms with van der Waals surface area (Å²) in [6.07, 6.45) is 2.89. The molecule has 0 aliphatic heterocycles. The molecule has 0 bridgehead atoms. The number of carbonyl (C=O) groups is 1. The van der Waals surface area contributed by atoms with Crippen LogP contribution in [-0.4, -0.2) is 35.8 Å². The second-order valence-electron chi connectivity index (χ2n) is 6.37. The number of methoxy groups -OCH3 is 1. The van der Waals surface area contributed by atoms with Gasteiger partial charge < -0.3 is 20.1 Å². The number of aliphatic hydroxyl groups is 1. The average molecular weight is 302 g/mol. The van der Waals surface area contributed by atoms with Crippen molar-refractivity contribution in [2.75, 3.05) is 13.7 Å². The normalized spacial score (nSPS) is 24.6. The lowest BCUT2D eigenvalue weighted by Gasteiger charge is -2.29. The molecule has 5 nitrogen and oxygen atoms in total. The fraction of sp³-hybridized carbons (Fsp3) is 0.471. The topological polar surface area (TPSA) is 74.4 Å². The van der Waals surface area contributed by atoms with Crippen LogP contribution in [0, 0.1) is 5.41 Å². The number of aromatic amines is 1. The van der Waals surface area contributed by atoms with E-state index in [4.69, 9.17) is 4.74 Å². The minimum atomic E-state index is -0.217. The molecule has 22 heavy (non-hydrogen) atoms. The summed E-state index contributed by atoms with van der Waals surface area (Å²) in [5, 5.41) is 13.6. The largest absolute Gasteiger partial charge is 0.497 e. The van der Waals surface area contributed by atoms with Gasteiger partial charge in [-0.15, -0.1) is 0 Å². The summed E-state index contributed by atoms with van der Waals surface area (Å²) >= 11 is 0. The molecule has 0 spiro atoms. The monoisotopic (exact) mass is 302 g/mol. The predicted molar refractivity (Wildman–Crippen MR) is 85.1 cm³/mol. The minimum absolute atomic E-state index is 0.0194. The third-order valence-corrected chi connectivity index (χ3v) is 4.82. The molecule has 0 radical (unpaired) electrons. The summed E-state index contributed by atoms with van der Waals surface area (Å²) in [5.74, 6) is 0.642. The summed E-state index contributed by atoms with van der Waals surface area (Å²) in [4.78, 5) is 15.6. The molecule has 3 N–H and O–H groups in total. The van der Waals surface area contributed by atoms with Crippen LogP contribution in [0.2, 0.25) is 0 Å². The van der Waals surface area contributed by atoms with Crippen LogP contribution in [0.4, 0.5) is 0 Å². The fourth-order valence-electron chi connectivity index (χ4n) is 3.26. The maximum Gasteiger partial charge on any atom is 0.267 e. The van der Waals surface area contributed by atoms with Gasteiger partial charge in [0.05, 0.1) is 13.7 Å². The Bertz CT molecular complexity index is 694. The number of carbonyl (C=O) groups excluding carboxylic acids is 1. The lowest BCUT2D eigenvalue weighted by atomic mass is 9.86. The van der Waals surface area contributed by atoms with Gasteiger partial charge in [0, 0.05) is 22.4 Å². The maximum atomic E-state index is 12.5. The van der Waals surface area contributed by atoms with E-state index in [2.05, 4.69) is 10.3 Å². The molecule has 1 amide bonds. The number of ether oxygens (including phenoxy) is 1. The fourth-order valence-corrected chi connectivity index (χ4v) is 3.26. The van der Waals surface area contributed by atoms with Crippen LogP contribution in [0.25, 0.3) is 10.9 Å². The molecule has 2 unspecified atom stereocenters. The van der Waals surface area contributed by atoms with E-state index >= 15 is 0 Å². The Balaban J connectivity index is 1.80. The Morgan fingerprint density at radius 2 is 2.32 bits per heavy atom. The Morgan fingerprint density at radius 1 is 1.50 bits per heavy atom. The van der Waals surface area contributed by atoms with Gasteiger partial charge in [-0.05, 0) is 37.1 Å². The Hall–Kier alpha value is -2.01. The van der Waals surface area contributed by atoms with Gasteiger partial charge in [0.25, 0.3) is 5.91 Å². The number of hydrogen-bond donors (Lipinski definition) is 3. The first kappa shape index (κ1) is 14.9. The molecule has 1 aromatic carbocycles. The molecule has 3 rings (SSSR count). The number of fused-ring (bicyclic) bond motifs is 1. The van der Waals surface area contributed by atoms with Gasteiger partial charge in [0.2, 0.25) is 0 Å². The number of rotatable bonds is 4. The van der Waals surface area contributed by atoms with E-state index in [9.17, 15) is 9.90 Å². The summed E-state index contributed by atoms with van der Waals surface area (Å²) in [7, 11) is 1.62. The van der Waals surface area contributed by atoms with Crippen LogP contribution in [-0.2, 0) is 0 Å². The number of hydrogen-bond acceptors (Lipinski definition) is 3. The zero-order chi connectivity index (χ0) is 15.7. The highest BCUT2D eigenvalue weighted by Crippen LogP contribution is 2.37. The molecule has 5 heteroatoms. The van der Waals surface area contributed by atoms with E-state index in [1.165, 1.54) is 0 Å². The van der Waals surface area contributed by atoms with Crippen LogP contribution in [0.1, 0.15) is 36.7 Å². The maximum absolute atomic E-state index is 12.5. The van der Waals surface area contributed by atoms with Crippen molar-refractivity contribution in [1.82, 2.24) is 10.3 Å². The summed E-state index contributed by atoms with van der Waals surface area (Å²) < 4.78 is 5.20. The van der Waals surface area contributed by atoms with Crippen LogP contribution in [0.3, 0.4) is 0 Å². The number of aliphatic hydroxyl groups excluding tert-OH is 1. The van der Waals surface area contributed by atoms with Crippen LogP contribution in [0.5, 0.6) is 5.75 Å². The van der Waals surface area contributed by atoms with Crippen molar-refractivity contribution < 1.29 is 14.6 Å². The van der Waals surface area contributed by atoms with E-state index in [0.29, 0.717) is 5.69 Å². The molecule has 118 valence electrons. The van der Waals surface area contributed by atoms with Crippen molar-refractivity contribution in [3.05, 3.63) is 30.0 Å². The third-order valence-electron chi connectivity index (χ3n) is 4.82. The molecule has 1 aliphatic rings. The zero-order valence-corrected chi connectivity index (χ0v) is 13.0. The van der Waals surface area contributed by atoms with Crippen LogP contribution < -0.4 is 10.1 Å². The summed E-state index contributed by atoms with van der Waals surface area (Å²) in [6.45, 7) is 2.13. The molecule has 2 atom stereocenters. The summed E-state index contributed by atoms with van der Waals surface area (Å²) in [5.41, 5.74) is 1.22. The van der Waals surface area contributed by atoms with Crippen molar-refractivity contribution in [3.63, 3.8) is 0 Å². The second-order valence-corrected chi connectivity index (χ2v) is 6.37. The molecule has 1 aromatic heterocycles. The minimum Gasteiger partial charge on any atom is -0.497 e. The molecule has 1 saturated carbocycles. The predicted octanol–water partition coefficient (Wildman–Crippen LogP) is 2.46. The summed E-state index contributed by atoms with van der Waals surface area (Å²) in [6, 6.07) is 7.51. The van der Waals surface area contributed by atoms with Gasteiger partial charge in [-0.2, -0.15) is 0 Å². The first-order chi connectivity index (χ1) is 10.6. The van der Waals surface area contributed by atoms with E-state index in [1.54, 1.807) is 7.11 Å². The highest BCUT2D eigenvalue weighted by Gasteiger charge is 2.39. The molecular weight excluding hydrogens is 280 g/mol. The van der Waals surface area contributed by atoms with Gasteiger partial charge >= 0.3 is 0 Å². The number of aromatic nitrogens is 1. The van der Waals surface area contributed by atoms with Gasteiger partial charge in [-0.1, -0.05) is 13.3 Å². The highest BCUT2D eigenvalue weighted by molar-refractivity contribution is 5.98. The van der Waals surface area contributed by atoms with E-state index in [1.807, 2.05) is 31.2 Å². The Labute approximate surface area is 129 Å². The highest BCUT2D eigenvalue weighted by atomic mass is 16.5. The van der Waals surface area contributed by atoms with Crippen molar-refractivity contribution in [1.29, 1.82) is 0 Å². The first-order valence-corrected chi connectivity index (χ1v) is 7.64. The smallest absolute Gasteiger partial charge is 0.267 e. The molecule has 0 saturated heterocycles. The van der Waals surface area contributed by atoms with Gasteiger partial charge in [-0.3, -0.25) is 4.79 Å². The first-order valence-electron chi connectivity index (χ1n) is 7.64. The zero-order valence-electron chi connectivity index (χ0n) is 13.0. The van der Waals surface area contributed by atoms with Crippen molar-refractivity contribution >= 4 is 16.8 Å². The van der Waals surface area contributed by atoms with E-state index < -0.39 is 0 Å². The van der Waals surface area contributed by atoms with Gasteiger partial charge in [-0.25, -0.2) is 0 Å². The molecule has 2 aromatic rings. The standard InChI is InChI=1S/C17H22N2O3/c1-17(10-20)7-3-4-15(17)19-16(21)14-9-11-8-12(22-2)5-6-13(11)18-14/h5-6,8-9,15,18,20H,3-4,7,10H2,1-2H3,(H,19,21). The second kappa shape index (κ2) is 5.65. The third kappa shape index (κ3) is 2.57. The van der Waals surface area contributed by atoms with Gasteiger partial charge in [0.1, 0.15) is 11.4 Å². The molecule has 1 fully saturated rings. The molecule has 1 aliphatic carbocycles. The van der Waals surface area contributed by atoms with Crippen LogP contribution in [0.15, 0.2) is 24.3 Å². The van der Waals surface area contributed by atoms with Crippen LogP contribution >= 0.6 is 0 Å². The molecule has 1 heterocycles. The quantitative estimate of drug-likeness (QED) is 0.812. The SMILES string of the molecule is COc1ccc2[nH]c(C(=O)NC3CCCC3(C)CO)cc2c1. The lowest BCUT2D eigenvalue weighted by Crippen LogP contribution is -2.44. The van der Waals surface area contributed by atoms with Crippen molar-refractivity contribution in [2.45, 2.75) is 32.2 Å². The lowest BCUT2D eigenvalue weighted by molar-refractivity contribution is 0.0827. The molecular formula is C17H22N2O3. The van der Waals surface area contributed by atoms with Crippen molar-refractivity contribution in [2.24, 2.45) is 5.41 Å². The van der Waals surface area contributed by atoms with E-state index in [0.717, 1.165) is 35.9 Å².